The number of ether oxygens (including phenoxy) is 3. The summed E-state index contributed by atoms with van der Waals surface area (Å²) in [7, 11) is 3.08. The van der Waals surface area contributed by atoms with Crippen molar-refractivity contribution in [1.29, 1.82) is 0 Å². The summed E-state index contributed by atoms with van der Waals surface area (Å²) in [6.07, 6.45) is 0. The van der Waals surface area contributed by atoms with Crippen molar-refractivity contribution in [1.82, 2.24) is 5.32 Å². The van der Waals surface area contributed by atoms with Crippen molar-refractivity contribution >= 4 is 33.4 Å². The highest BCUT2D eigenvalue weighted by atomic mass is 79.9. The summed E-state index contributed by atoms with van der Waals surface area (Å²) >= 11 is 9.76. The fourth-order valence-corrected chi connectivity index (χ4v) is 3.56. The monoisotopic (exact) mass is 489 g/mol. The molecule has 1 amide bonds. The molecule has 156 valence electrons. The molecule has 3 aromatic rings. The number of amides is 1. The van der Waals surface area contributed by atoms with Gasteiger partial charge >= 0.3 is 0 Å². The average molecular weight is 491 g/mol. The maximum absolute atomic E-state index is 12.2. The summed E-state index contributed by atoms with van der Waals surface area (Å²) in [5.41, 5.74) is 2.88. The van der Waals surface area contributed by atoms with Crippen LogP contribution in [0.15, 0.2) is 65.1 Å². The molecule has 7 heteroatoms. The SMILES string of the molecule is COc1cc(Cl)c(CNC(=O)COc2ccc(-c3ccccc3)cc2Br)cc1OC. The van der Waals surface area contributed by atoms with Crippen molar-refractivity contribution in [2.75, 3.05) is 20.8 Å². The van der Waals surface area contributed by atoms with Crippen LogP contribution in [-0.4, -0.2) is 26.7 Å². The first kappa shape index (κ1) is 22.0. The molecule has 0 radical (unpaired) electrons. The Balaban J connectivity index is 1.57. The molecule has 0 aliphatic rings. The topological polar surface area (TPSA) is 56.8 Å². The number of rotatable bonds is 8. The number of benzene rings is 3. The molecule has 0 saturated heterocycles. The Morgan fingerprint density at radius 1 is 0.933 bits per heavy atom. The van der Waals surface area contributed by atoms with Crippen molar-refractivity contribution in [2.24, 2.45) is 0 Å². The maximum Gasteiger partial charge on any atom is 0.258 e. The summed E-state index contributed by atoms with van der Waals surface area (Å²) in [6, 6.07) is 19.2. The van der Waals surface area contributed by atoms with E-state index in [0.29, 0.717) is 22.3 Å². The zero-order chi connectivity index (χ0) is 21.5. The third-order valence-corrected chi connectivity index (χ3v) is 5.40. The minimum absolute atomic E-state index is 0.117. The number of halogens is 2. The first-order valence-corrected chi connectivity index (χ1v) is 10.3. The van der Waals surface area contributed by atoms with Crippen LogP contribution in [0.5, 0.6) is 17.2 Å². The highest BCUT2D eigenvalue weighted by Crippen LogP contribution is 2.33. The van der Waals surface area contributed by atoms with E-state index in [1.807, 2.05) is 48.5 Å². The van der Waals surface area contributed by atoms with Gasteiger partial charge in [-0.05, 0) is 50.8 Å². The van der Waals surface area contributed by atoms with Gasteiger partial charge in [0.15, 0.2) is 18.1 Å². The normalized spacial score (nSPS) is 10.4. The van der Waals surface area contributed by atoms with Crippen LogP contribution in [0.4, 0.5) is 0 Å². The Morgan fingerprint density at radius 3 is 2.30 bits per heavy atom. The molecule has 5 nitrogen and oxygen atoms in total. The molecule has 0 fully saturated rings. The average Bonchev–Trinajstić information content (AvgIpc) is 2.77. The lowest BCUT2D eigenvalue weighted by Gasteiger charge is -2.13. The van der Waals surface area contributed by atoms with E-state index in [1.165, 1.54) is 7.11 Å². The number of methoxy groups -OCH3 is 2. The fraction of sp³-hybridized carbons (Fsp3) is 0.174. The molecule has 0 heterocycles. The van der Waals surface area contributed by atoms with Gasteiger partial charge in [-0.1, -0.05) is 48.0 Å². The standard InChI is InChI=1S/C23H21BrClNO4/c1-28-21-11-17(19(25)12-22(21)29-2)13-26-23(27)14-30-20-9-8-16(10-18(20)24)15-6-4-3-5-7-15/h3-12H,13-14H2,1-2H3,(H,26,27). The van der Waals surface area contributed by atoms with Gasteiger partial charge in [0.25, 0.3) is 5.91 Å². The first-order chi connectivity index (χ1) is 14.5. The van der Waals surface area contributed by atoms with Crippen LogP contribution in [0.1, 0.15) is 5.56 Å². The van der Waals surface area contributed by atoms with E-state index < -0.39 is 0 Å². The third-order valence-electron chi connectivity index (χ3n) is 4.43. The Morgan fingerprint density at radius 2 is 1.63 bits per heavy atom. The molecule has 1 N–H and O–H groups in total. The predicted octanol–water partition coefficient (Wildman–Crippen LogP) is 5.48. The maximum atomic E-state index is 12.2. The number of hydrogen-bond donors (Lipinski definition) is 1. The minimum Gasteiger partial charge on any atom is -0.493 e. The van der Waals surface area contributed by atoms with Crippen molar-refractivity contribution in [2.45, 2.75) is 6.54 Å². The molecule has 0 unspecified atom stereocenters. The summed E-state index contributed by atoms with van der Waals surface area (Å²) in [4.78, 5) is 12.2. The molecular weight excluding hydrogens is 470 g/mol. The van der Waals surface area contributed by atoms with Crippen LogP contribution in [0.25, 0.3) is 11.1 Å². The van der Waals surface area contributed by atoms with Crippen molar-refractivity contribution < 1.29 is 19.0 Å². The summed E-state index contributed by atoms with van der Waals surface area (Å²) in [5, 5.41) is 3.28. The molecule has 0 bridgehead atoms. The van der Waals surface area contributed by atoms with Gasteiger partial charge in [0.1, 0.15) is 5.75 Å². The molecule has 0 aliphatic carbocycles. The summed E-state index contributed by atoms with van der Waals surface area (Å²) < 4.78 is 16.9. The molecule has 0 atom stereocenters. The molecule has 3 aromatic carbocycles. The molecule has 0 spiro atoms. The van der Waals surface area contributed by atoms with Crippen molar-refractivity contribution in [3.05, 3.63) is 75.7 Å². The molecule has 0 saturated carbocycles. The van der Waals surface area contributed by atoms with Crippen LogP contribution in [0, 0.1) is 0 Å². The highest BCUT2D eigenvalue weighted by Gasteiger charge is 2.12. The molecule has 0 aromatic heterocycles. The number of nitrogens with one attached hydrogen (secondary N) is 1. The highest BCUT2D eigenvalue weighted by molar-refractivity contribution is 9.10. The van der Waals surface area contributed by atoms with Crippen LogP contribution < -0.4 is 19.5 Å². The Bertz CT molecular complexity index is 1030. The third kappa shape index (κ3) is 5.46. The van der Waals surface area contributed by atoms with E-state index in [9.17, 15) is 4.79 Å². The van der Waals surface area contributed by atoms with Crippen LogP contribution in [-0.2, 0) is 11.3 Å². The number of hydrogen-bond acceptors (Lipinski definition) is 4. The van der Waals surface area contributed by atoms with Crippen LogP contribution in [0.3, 0.4) is 0 Å². The Kier molecular flexibility index (Phi) is 7.60. The zero-order valence-electron chi connectivity index (χ0n) is 16.6. The van der Waals surface area contributed by atoms with Crippen molar-refractivity contribution in [3.63, 3.8) is 0 Å². The van der Waals surface area contributed by atoms with Gasteiger partial charge in [-0.3, -0.25) is 4.79 Å². The molecule has 0 aliphatic heterocycles. The van der Waals surface area contributed by atoms with Crippen molar-refractivity contribution in [3.8, 4) is 28.4 Å². The fourth-order valence-electron chi connectivity index (χ4n) is 2.85. The first-order valence-electron chi connectivity index (χ1n) is 9.16. The van der Waals surface area contributed by atoms with E-state index in [4.69, 9.17) is 25.8 Å². The Hall–Kier alpha value is -2.70. The van der Waals surface area contributed by atoms with E-state index in [0.717, 1.165) is 21.2 Å². The van der Waals surface area contributed by atoms with Gasteiger partial charge in [0.2, 0.25) is 0 Å². The Labute approximate surface area is 189 Å². The lowest BCUT2D eigenvalue weighted by Crippen LogP contribution is -2.28. The lowest BCUT2D eigenvalue weighted by atomic mass is 10.1. The van der Waals surface area contributed by atoms with Crippen LogP contribution >= 0.6 is 27.5 Å². The van der Waals surface area contributed by atoms with E-state index in [2.05, 4.69) is 21.2 Å². The summed E-state index contributed by atoms with van der Waals surface area (Å²) in [6.45, 7) is 0.129. The number of carbonyl (C=O) groups excluding carboxylic acids is 1. The quantitative estimate of drug-likeness (QED) is 0.454. The largest absolute Gasteiger partial charge is 0.493 e. The van der Waals surface area contributed by atoms with E-state index in [-0.39, 0.29) is 19.1 Å². The van der Waals surface area contributed by atoms with Gasteiger partial charge in [-0.25, -0.2) is 0 Å². The van der Waals surface area contributed by atoms with E-state index >= 15 is 0 Å². The lowest BCUT2D eigenvalue weighted by molar-refractivity contribution is -0.123. The predicted molar refractivity (Wildman–Crippen MR) is 121 cm³/mol. The molecule has 3 rings (SSSR count). The second-order valence-corrected chi connectivity index (χ2v) is 7.64. The van der Waals surface area contributed by atoms with Gasteiger partial charge in [0.05, 0.1) is 18.7 Å². The number of carbonyl (C=O) groups is 1. The second kappa shape index (κ2) is 10.4. The van der Waals surface area contributed by atoms with Gasteiger partial charge < -0.3 is 19.5 Å². The molecular formula is C23H21BrClNO4. The van der Waals surface area contributed by atoms with Gasteiger partial charge in [-0.15, -0.1) is 0 Å². The van der Waals surface area contributed by atoms with Gasteiger partial charge in [0, 0.05) is 17.6 Å². The van der Waals surface area contributed by atoms with Gasteiger partial charge in [-0.2, -0.15) is 0 Å². The molecule has 30 heavy (non-hydrogen) atoms. The van der Waals surface area contributed by atoms with E-state index in [1.54, 1.807) is 19.2 Å². The zero-order valence-corrected chi connectivity index (χ0v) is 18.9. The summed E-state index contributed by atoms with van der Waals surface area (Å²) in [5.74, 6) is 1.41. The minimum atomic E-state index is -0.264. The second-order valence-electron chi connectivity index (χ2n) is 6.38. The van der Waals surface area contributed by atoms with Crippen LogP contribution in [0.2, 0.25) is 5.02 Å². The smallest absolute Gasteiger partial charge is 0.258 e.